The molecule has 1 heterocycles. The van der Waals surface area contributed by atoms with Crippen LogP contribution in [-0.4, -0.2) is 43.2 Å². The molecule has 1 aliphatic rings. The van der Waals surface area contributed by atoms with E-state index in [-0.39, 0.29) is 24.5 Å². The van der Waals surface area contributed by atoms with E-state index in [9.17, 15) is 9.59 Å². The zero-order chi connectivity index (χ0) is 19.8. The first kappa shape index (κ1) is 19.7. The average Bonchev–Trinajstić information content (AvgIpc) is 2.72. The first-order valence-electron chi connectivity index (χ1n) is 9.59. The van der Waals surface area contributed by atoms with Gasteiger partial charge in [-0.15, -0.1) is 0 Å². The maximum absolute atomic E-state index is 12.3. The number of nitrogens with one attached hydrogen (secondary N) is 1. The van der Waals surface area contributed by atoms with Crippen LogP contribution >= 0.6 is 0 Å². The summed E-state index contributed by atoms with van der Waals surface area (Å²) in [7, 11) is 0. The van der Waals surface area contributed by atoms with E-state index >= 15 is 0 Å². The summed E-state index contributed by atoms with van der Waals surface area (Å²) in [5.74, 6) is 0.393. The number of amides is 2. The Morgan fingerprint density at radius 1 is 1.04 bits per heavy atom. The summed E-state index contributed by atoms with van der Waals surface area (Å²) in [6.07, 6.45) is 1.22. The molecule has 0 saturated carbocycles. The SMILES string of the molecule is Cc1cccc(OCCOC(=O)C2CCN(C(=O)Nc3ccccc3)CC2)c1. The fraction of sp³-hybridized carbons (Fsp3) is 0.364. The van der Waals surface area contributed by atoms with Crippen LogP contribution < -0.4 is 10.1 Å². The van der Waals surface area contributed by atoms with Gasteiger partial charge in [0.1, 0.15) is 19.0 Å². The summed E-state index contributed by atoms with van der Waals surface area (Å²) in [5, 5.41) is 2.87. The number of likely N-dealkylation sites (tertiary alicyclic amines) is 1. The second-order valence-electron chi connectivity index (χ2n) is 6.89. The molecule has 2 amide bonds. The molecule has 1 N–H and O–H groups in total. The third kappa shape index (κ3) is 5.74. The standard InChI is InChI=1S/C22H26N2O4/c1-17-6-5-9-20(16-17)27-14-15-28-21(25)18-10-12-24(13-11-18)22(26)23-19-7-3-2-4-8-19/h2-9,16,18H,10-15H2,1H3,(H,23,26). The van der Waals surface area contributed by atoms with Crippen LogP contribution in [0.25, 0.3) is 0 Å². The largest absolute Gasteiger partial charge is 0.490 e. The lowest BCUT2D eigenvalue weighted by Crippen LogP contribution is -2.42. The van der Waals surface area contributed by atoms with Gasteiger partial charge in [0.05, 0.1) is 5.92 Å². The number of hydrogen-bond donors (Lipinski definition) is 1. The molecule has 0 unspecified atom stereocenters. The highest BCUT2D eigenvalue weighted by Gasteiger charge is 2.28. The van der Waals surface area contributed by atoms with Gasteiger partial charge in [-0.3, -0.25) is 4.79 Å². The monoisotopic (exact) mass is 382 g/mol. The van der Waals surface area contributed by atoms with E-state index in [1.165, 1.54) is 0 Å². The van der Waals surface area contributed by atoms with E-state index in [1.54, 1.807) is 4.90 Å². The minimum Gasteiger partial charge on any atom is -0.490 e. The Balaban J connectivity index is 1.35. The molecule has 2 aromatic carbocycles. The van der Waals surface area contributed by atoms with Crippen LogP contribution in [-0.2, 0) is 9.53 Å². The van der Waals surface area contributed by atoms with Gasteiger partial charge in [0.15, 0.2) is 0 Å². The molecule has 0 spiro atoms. The molecule has 0 aromatic heterocycles. The smallest absolute Gasteiger partial charge is 0.321 e. The molecule has 0 atom stereocenters. The number of esters is 1. The van der Waals surface area contributed by atoms with Gasteiger partial charge in [-0.05, 0) is 49.6 Å². The number of hydrogen-bond acceptors (Lipinski definition) is 4. The number of nitrogens with zero attached hydrogens (tertiary/aromatic N) is 1. The molecule has 6 heteroatoms. The number of aryl methyl sites for hydroxylation is 1. The van der Waals surface area contributed by atoms with Gasteiger partial charge >= 0.3 is 12.0 Å². The first-order chi connectivity index (χ1) is 13.6. The molecule has 2 aromatic rings. The van der Waals surface area contributed by atoms with Gasteiger partial charge in [0, 0.05) is 18.8 Å². The second-order valence-corrected chi connectivity index (χ2v) is 6.89. The van der Waals surface area contributed by atoms with Crippen molar-refractivity contribution < 1.29 is 19.1 Å². The quantitative estimate of drug-likeness (QED) is 0.608. The van der Waals surface area contributed by atoms with E-state index in [0.717, 1.165) is 17.0 Å². The molecular formula is C22H26N2O4. The van der Waals surface area contributed by atoms with E-state index < -0.39 is 0 Å². The van der Waals surface area contributed by atoms with Crippen LogP contribution in [0.1, 0.15) is 18.4 Å². The van der Waals surface area contributed by atoms with Crippen LogP contribution in [0, 0.1) is 12.8 Å². The Kier molecular flexibility index (Phi) is 6.89. The van der Waals surface area contributed by atoms with Gasteiger partial charge in [0.2, 0.25) is 0 Å². The van der Waals surface area contributed by atoms with Crippen LogP contribution in [0.2, 0.25) is 0 Å². The topological polar surface area (TPSA) is 67.9 Å². The van der Waals surface area contributed by atoms with Crippen molar-refractivity contribution in [3.63, 3.8) is 0 Å². The fourth-order valence-electron chi connectivity index (χ4n) is 3.17. The number of urea groups is 1. The molecule has 1 fully saturated rings. The Morgan fingerprint density at radius 3 is 2.50 bits per heavy atom. The molecule has 0 bridgehead atoms. The van der Waals surface area contributed by atoms with E-state index in [0.29, 0.717) is 32.5 Å². The number of benzene rings is 2. The van der Waals surface area contributed by atoms with Gasteiger partial charge in [0.25, 0.3) is 0 Å². The van der Waals surface area contributed by atoms with Crippen LogP contribution in [0.15, 0.2) is 54.6 Å². The zero-order valence-corrected chi connectivity index (χ0v) is 16.1. The summed E-state index contributed by atoms with van der Waals surface area (Å²) in [6, 6.07) is 17.0. The van der Waals surface area contributed by atoms with Crippen molar-refractivity contribution in [3.8, 4) is 5.75 Å². The highest BCUT2D eigenvalue weighted by atomic mass is 16.6. The lowest BCUT2D eigenvalue weighted by Gasteiger charge is -2.31. The Morgan fingerprint density at radius 2 is 1.79 bits per heavy atom. The van der Waals surface area contributed by atoms with E-state index in [4.69, 9.17) is 9.47 Å². The minimum absolute atomic E-state index is 0.135. The number of anilines is 1. The normalized spacial score (nSPS) is 14.4. The van der Waals surface area contributed by atoms with Crippen molar-refractivity contribution in [2.45, 2.75) is 19.8 Å². The summed E-state index contributed by atoms with van der Waals surface area (Å²) < 4.78 is 10.9. The van der Waals surface area contributed by atoms with Crippen molar-refractivity contribution in [2.75, 3.05) is 31.6 Å². The molecule has 0 aliphatic carbocycles. The Hall–Kier alpha value is -3.02. The number of carbonyl (C=O) groups excluding carboxylic acids is 2. The van der Waals surface area contributed by atoms with Gasteiger partial charge in [-0.1, -0.05) is 30.3 Å². The van der Waals surface area contributed by atoms with Crippen molar-refractivity contribution in [1.82, 2.24) is 4.90 Å². The van der Waals surface area contributed by atoms with Gasteiger partial charge in [-0.25, -0.2) is 4.79 Å². The molecule has 1 saturated heterocycles. The summed E-state index contributed by atoms with van der Waals surface area (Å²) in [4.78, 5) is 26.3. The molecule has 0 radical (unpaired) electrons. The third-order valence-electron chi connectivity index (χ3n) is 4.73. The predicted molar refractivity (Wildman–Crippen MR) is 107 cm³/mol. The van der Waals surface area contributed by atoms with Crippen LogP contribution in [0.5, 0.6) is 5.75 Å². The fourth-order valence-corrected chi connectivity index (χ4v) is 3.17. The Bertz CT molecular complexity index is 786. The lowest BCUT2D eigenvalue weighted by atomic mass is 9.97. The van der Waals surface area contributed by atoms with Crippen molar-refractivity contribution in [3.05, 3.63) is 60.2 Å². The molecule has 1 aliphatic heterocycles. The minimum atomic E-state index is -0.212. The van der Waals surface area contributed by atoms with Crippen molar-refractivity contribution in [1.29, 1.82) is 0 Å². The number of carbonyl (C=O) groups is 2. The summed E-state index contributed by atoms with van der Waals surface area (Å²) in [5.41, 5.74) is 1.89. The van der Waals surface area contributed by atoms with Crippen LogP contribution in [0.3, 0.4) is 0 Å². The number of para-hydroxylation sites is 1. The zero-order valence-electron chi connectivity index (χ0n) is 16.1. The maximum atomic E-state index is 12.3. The van der Waals surface area contributed by atoms with Gasteiger partial charge in [-0.2, -0.15) is 0 Å². The first-order valence-corrected chi connectivity index (χ1v) is 9.59. The molecule has 28 heavy (non-hydrogen) atoms. The summed E-state index contributed by atoms with van der Waals surface area (Å²) >= 11 is 0. The van der Waals surface area contributed by atoms with Crippen molar-refractivity contribution in [2.24, 2.45) is 5.92 Å². The molecular weight excluding hydrogens is 356 g/mol. The molecule has 6 nitrogen and oxygen atoms in total. The highest BCUT2D eigenvalue weighted by Crippen LogP contribution is 2.20. The second kappa shape index (κ2) is 9.78. The number of piperidine rings is 1. The van der Waals surface area contributed by atoms with Gasteiger partial charge < -0.3 is 19.7 Å². The third-order valence-corrected chi connectivity index (χ3v) is 4.73. The van der Waals surface area contributed by atoms with Crippen molar-refractivity contribution >= 4 is 17.7 Å². The Labute approximate surface area is 165 Å². The van der Waals surface area contributed by atoms with Crippen LogP contribution in [0.4, 0.5) is 10.5 Å². The average molecular weight is 382 g/mol. The lowest BCUT2D eigenvalue weighted by molar-refractivity contribution is -0.150. The maximum Gasteiger partial charge on any atom is 0.321 e. The van der Waals surface area contributed by atoms with E-state index in [2.05, 4.69) is 5.32 Å². The molecule has 148 valence electrons. The number of rotatable bonds is 6. The summed E-state index contributed by atoms with van der Waals surface area (Å²) in [6.45, 7) is 3.63. The predicted octanol–water partition coefficient (Wildman–Crippen LogP) is 3.86. The number of ether oxygens (including phenoxy) is 2. The van der Waals surface area contributed by atoms with E-state index in [1.807, 2.05) is 61.5 Å². The molecule has 3 rings (SSSR count). The highest BCUT2D eigenvalue weighted by molar-refractivity contribution is 5.89.